The van der Waals surface area contributed by atoms with Gasteiger partial charge in [0.15, 0.2) is 11.5 Å². The highest BCUT2D eigenvalue weighted by molar-refractivity contribution is 5.76. The van der Waals surface area contributed by atoms with Crippen molar-refractivity contribution in [1.29, 1.82) is 0 Å². The normalized spacial score (nSPS) is 17.7. The van der Waals surface area contributed by atoms with Crippen LogP contribution in [-0.2, 0) is 9.53 Å². The van der Waals surface area contributed by atoms with Crippen LogP contribution in [0.1, 0.15) is 18.1 Å². The Morgan fingerprint density at radius 2 is 2.00 bits per heavy atom. The molecule has 4 heteroatoms. The lowest BCUT2D eigenvalue weighted by Crippen LogP contribution is -2.38. The molecule has 1 heterocycles. The minimum atomic E-state index is -0.664. The van der Waals surface area contributed by atoms with E-state index in [1.54, 1.807) is 6.92 Å². The summed E-state index contributed by atoms with van der Waals surface area (Å²) in [5, 5.41) is 0. The van der Waals surface area contributed by atoms with E-state index in [4.69, 9.17) is 14.2 Å². The zero-order chi connectivity index (χ0) is 12.4. The first-order chi connectivity index (χ1) is 8.13. The molecule has 0 unspecified atom stereocenters. The standard InChI is InChI=1S/C13H16O4/c1-4-15-13(14)10-7-16-11-8(2)5-6-9(3)12(11)17-10/h5-6,10H,4,7H2,1-3H3/t10-/m1/s1. The van der Waals surface area contributed by atoms with Crippen molar-refractivity contribution < 1.29 is 19.0 Å². The van der Waals surface area contributed by atoms with Crippen LogP contribution in [0.15, 0.2) is 12.1 Å². The van der Waals surface area contributed by atoms with Gasteiger partial charge < -0.3 is 14.2 Å². The third-order valence-corrected chi connectivity index (χ3v) is 2.69. The molecule has 0 fully saturated rings. The summed E-state index contributed by atoms with van der Waals surface area (Å²) in [5.74, 6) is 0.999. The molecule has 0 radical (unpaired) electrons. The molecule has 0 aliphatic carbocycles. The van der Waals surface area contributed by atoms with E-state index in [0.29, 0.717) is 12.4 Å². The van der Waals surface area contributed by atoms with Crippen molar-refractivity contribution in [2.45, 2.75) is 26.9 Å². The van der Waals surface area contributed by atoms with Crippen molar-refractivity contribution in [3.63, 3.8) is 0 Å². The monoisotopic (exact) mass is 236 g/mol. The molecule has 1 aliphatic rings. The van der Waals surface area contributed by atoms with E-state index in [-0.39, 0.29) is 12.6 Å². The summed E-state index contributed by atoms with van der Waals surface area (Å²) in [6.45, 7) is 6.20. The van der Waals surface area contributed by atoms with Crippen LogP contribution in [0.4, 0.5) is 0 Å². The number of aryl methyl sites for hydroxylation is 2. The first-order valence-corrected chi connectivity index (χ1v) is 5.69. The van der Waals surface area contributed by atoms with E-state index in [1.807, 2.05) is 26.0 Å². The molecule has 0 amide bonds. The van der Waals surface area contributed by atoms with Gasteiger partial charge in [0.1, 0.15) is 6.61 Å². The van der Waals surface area contributed by atoms with Crippen LogP contribution in [0, 0.1) is 13.8 Å². The number of fused-ring (bicyclic) bond motifs is 1. The molecule has 0 saturated heterocycles. The minimum Gasteiger partial charge on any atom is -0.485 e. The summed E-state index contributed by atoms with van der Waals surface area (Å²) >= 11 is 0. The number of rotatable bonds is 2. The van der Waals surface area contributed by atoms with E-state index in [9.17, 15) is 4.79 Å². The van der Waals surface area contributed by atoms with Crippen LogP contribution in [0.25, 0.3) is 0 Å². The van der Waals surface area contributed by atoms with Gasteiger partial charge in [-0.25, -0.2) is 4.79 Å². The van der Waals surface area contributed by atoms with Gasteiger partial charge >= 0.3 is 5.97 Å². The molecule has 1 aliphatic heterocycles. The molecule has 17 heavy (non-hydrogen) atoms. The van der Waals surface area contributed by atoms with Crippen molar-refractivity contribution in [2.24, 2.45) is 0 Å². The Bertz CT molecular complexity index is 439. The molecule has 92 valence electrons. The second-order valence-electron chi connectivity index (χ2n) is 4.03. The van der Waals surface area contributed by atoms with E-state index < -0.39 is 6.10 Å². The summed E-state index contributed by atoms with van der Waals surface area (Å²) in [5.41, 5.74) is 1.97. The SMILES string of the molecule is CCOC(=O)[C@H]1COc2c(C)ccc(C)c2O1. The zero-order valence-electron chi connectivity index (χ0n) is 10.3. The van der Waals surface area contributed by atoms with E-state index >= 15 is 0 Å². The third-order valence-electron chi connectivity index (χ3n) is 2.69. The summed E-state index contributed by atoms with van der Waals surface area (Å²) in [4.78, 5) is 11.6. The fraction of sp³-hybridized carbons (Fsp3) is 0.462. The Kier molecular flexibility index (Phi) is 3.22. The van der Waals surface area contributed by atoms with E-state index in [0.717, 1.165) is 16.9 Å². The van der Waals surface area contributed by atoms with Crippen LogP contribution >= 0.6 is 0 Å². The molecule has 0 bridgehead atoms. The number of esters is 1. The fourth-order valence-corrected chi connectivity index (χ4v) is 1.77. The first-order valence-electron chi connectivity index (χ1n) is 5.69. The summed E-state index contributed by atoms with van der Waals surface area (Å²) < 4.78 is 16.2. The Hall–Kier alpha value is -1.71. The number of ether oxygens (including phenoxy) is 3. The van der Waals surface area contributed by atoms with Crippen molar-refractivity contribution in [3.8, 4) is 11.5 Å². The number of carbonyl (C=O) groups is 1. The molecule has 2 rings (SSSR count). The van der Waals surface area contributed by atoms with Gasteiger partial charge in [0.05, 0.1) is 6.61 Å². The predicted octanol–water partition coefficient (Wildman–Crippen LogP) is 2.01. The van der Waals surface area contributed by atoms with Crippen LogP contribution in [0.5, 0.6) is 11.5 Å². The molecule has 1 atom stereocenters. The number of benzene rings is 1. The zero-order valence-corrected chi connectivity index (χ0v) is 10.3. The molecule has 4 nitrogen and oxygen atoms in total. The average Bonchev–Trinajstić information content (AvgIpc) is 2.34. The topological polar surface area (TPSA) is 44.8 Å². The number of hydrogen-bond acceptors (Lipinski definition) is 4. The molecular weight excluding hydrogens is 220 g/mol. The molecule has 0 N–H and O–H groups in total. The van der Waals surface area contributed by atoms with Crippen molar-refractivity contribution in [1.82, 2.24) is 0 Å². The summed E-state index contributed by atoms with van der Waals surface area (Å²) in [7, 11) is 0. The summed E-state index contributed by atoms with van der Waals surface area (Å²) in [6.07, 6.45) is -0.664. The average molecular weight is 236 g/mol. The Morgan fingerprint density at radius 1 is 1.35 bits per heavy atom. The predicted molar refractivity (Wildman–Crippen MR) is 62.5 cm³/mol. The quantitative estimate of drug-likeness (QED) is 0.737. The van der Waals surface area contributed by atoms with Crippen molar-refractivity contribution in [3.05, 3.63) is 23.3 Å². The maximum Gasteiger partial charge on any atom is 0.350 e. The lowest BCUT2D eigenvalue weighted by Gasteiger charge is -2.27. The fourth-order valence-electron chi connectivity index (χ4n) is 1.77. The van der Waals surface area contributed by atoms with Gasteiger partial charge in [0, 0.05) is 0 Å². The molecule has 1 aromatic rings. The Morgan fingerprint density at radius 3 is 2.65 bits per heavy atom. The van der Waals surface area contributed by atoms with Gasteiger partial charge in [0.25, 0.3) is 0 Å². The van der Waals surface area contributed by atoms with Crippen molar-refractivity contribution in [2.75, 3.05) is 13.2 Å². The lowest BCUT2D eigenvalue weighted by atomic mass is 10.1. The lowest BCUT2D eigenvalue weighted by molar-refractivity contribution is -0.154. The first kappa shape index (κ1) is 11.8. The van der Waals surface area contributed by atoms with Gasteiger partial charge in [-0.3, -0.25) is 0 Å². The number of carbonyl (C=O) groups excluding carboxylic acids is 1. The minimum absolute atomic E-state index is 0.204. The van der Waals surface area contributed by atoms with Gasteiger partial charge in [-0.15, -0.1) is 0 Å². The summed E-state index contributed by atoms with van der Waals surface area (Å²) in [6, 6.07) is 3.92. The van der Waals surface area contributed by atoms with Crippen LogP contribution in [-0.4, -0.2) is 25.3 Å². The maximum atomic E-state index is 11.6. The van der Waals surface area contributed by atoms with E-state index in [2.05, 4.69) is 0 Å². The molecule has 1 aromatic carbocycles. The van der Waals surface area contributed by atoms with Crippen LogP contribution in [0.3, 0.4) is 0 Å². The second kappa shape index (κ2) is 4.65. The van der Waals surface area contributed by atoms with Gasteiger partial charge in [-0.05, 0) is 31.9 Å². The van der Waals surface area contributed by atoms with Gasteiger partial charge in [0.2, 0.25) is 6.10 Å². The van der Waals surface area contributed by atoms with E-state index in [1.165, 1.54) is 0 Å². The highest BCUT2D eigenvalue weighted by Gasteiger charge is 2.30. The molecule has 0 aromatic heterocycles. The van der Waals surface area contributed by atoms with Gasteiger partial charge in [-0.2, -0.15) is 0 Å². The Labute approximate surface area is 100 Å². The Balaban J connectivity index is 2.24. The van der Waals surface area contributed by atoms with Crippen molar-refractivity contribution >= 4 is 5.97 Å². The highest BCUT2D eigenvalue weighted by atomic mass is 16.6. The second-order valence-corrected chi connectivity index (χ2v) is 4.03. The highest BCUT2D eigenvalue weighted by Crippen LogP contribution is 2.37. The number of hydrogen-bond donors (Lipinski definition) is 0. The molecule has 0 saturated carbocycles. The van der Waals surface area contributed by atoms with Crippen LogP contribution < -0.4 is 9.47 Å². The molecular formula is C13H16O4. The third kappa shape index (κ3) is 2.20. The van der Waals surface area contributed by atoms with Gasteiger partial charge in [-0.1, -0.05) is 12.1 Å². The molecule has 0 spiro atoms. The largest absolute Gasteiger partial charge is 0.485 e. The smallest absolute Gasteiger partial charge is 0.350 e. The maximum absolute atomic E-state index is 11.6. The van der Waals surface area contributed by atoms with Crippen LogP contribution in [0.2, 0.25) is 0 Å².